The van der Waals surface area contributed by atoms with Crippen LogP contribution in [0.3, 0.4) is 0 Å². The van der Waals surface area contributed by atoms with Gasteiger partial charge in [0.25, 0.3) is 5.91 Å². The maximum atomic E-state index is 11.7. The van der Waals surface area contributed by atoms with Crippen molar-refractivity contribution in [3.8, 4) is 0 Å². The minimum absolute atomic E-state index is 0.0195. The third-order valence-electron chi connectivity index (χ3n) is 2.73. The molecule has 0 saturated heterocycles. The van der Waals surface area contributed by atoms with Crippen molar-refractivity contribution in [2.24, 2.45) is 0 Å². The van der Waals surface area contributed by atoms with Gasteiger partial charge in [0, 0.05) is 5.33 Å². The number of carbonyl (C=O) groups excluding carboxylic acids is 1. The van der Waals surface area contributed by atoms with Gasteiger partial charge in [-0.2, -0.15) is 0 Å². The summed E-state index contributed by atoms with van der Waals surface area (Å²) in [7, 11) is 0. The summed E-state index contributed by atoms with van der Waals surface area (Å²) < 4.78 is 4.86. The third-order valence-corrected chi connectivity index (χ3v) is 3.80. The van der Waals surface area contributed by atoms with Crippen LogP contribution in [0.2, 0.25) is 0 Å². The summed E-state index contributed by atoms with van der Waals surface area (Å²) >= 11 is 3.44. The van der Waals surface area contributed by atoms with Crippen LogP contribution in [0.25, 0.3) is 0 Å². The SMILES string of the molecule is O=C(NC1(CBr)CCC1)c1ccoc1. The summed E-state index contributed by atoms with van der Waals surface area (Å²) in [6.07, 6.45) is 6.29. The first kappa shape index (κ1) is 9.77. The second kappa shape index (κ2) is 3.77. The Balaban J connectivity index is 2.01. The molecule has 1 aromatic rings. The predicted octanol–water partition coefficient (Wildman–Crippen LogP) is 2.33. The fraction of sp³-hybridized carbons (Fsp3) is 0.500. The molecule has 1 amide bonds. The topological polar surface area (TPSA) is 42.2 Å². The molecule has 1 aliphatic carbocycles. The lowest BCUT2D eigenvalue weighted by Gasteiger charge is -2.41. The maximum absolute atomic E-state index is 11.7. The van der Waals surface area contributed by atoms with Gasteiger partial charge >= 0.3 is 0 Å². The van der Waals surface area contributed by atoms with Crippen molar-refractivity contribution in [3.63, 3.8) is 0 Å². The van der Waals surface area contributed by atoms with E-state index in [-0.39, 0.29) is 11.4 Å². The van der Waals surface area contributed by atoms with Gasteiger partial charge in [-0.1, -0.05) is 15.9 Å². The normalized spacial score (nSPS) is 18.6. The Labute approximate surface area is 91.0 Å². The highest BCUT2D eigenvalue weighted by molar-refractivity contribution is 9.09. The zero-order valence-corrected chi connectivity index (χ0v) is 9.34. The summed E-state index contributed by atoms with van der Waals surface area (Å²) in [5, 5.41) is 3.86. The monoisotopic (exact) mass is 257 g/mol. The number of carbonyl (C=O) groups is 1. The smallest absolute Gasteiger partial charge is 0.254 e. The Morgan fingerprint density at radius 2 is 2.43 bits per heavy atom. The molecule has 1 aliphatic rings. The van der Waals surface area contributed by atoms with E-state index in [2.05, 4.69) is 21.2 Å². The van der Waals surface area contributed by atoms with E-state index in [0.717, 1.165) is 18.2 Å². The Kier molecular flexibility index (Phi) is 2.63. The molecule has 2 rings (SSSR count). The van der Waals surface area contributed by atoms with Gasteiger partial charge in [-0.25, -0.2) is 0 Å². The predicted molar refractivity (Wildman–Crippen MR) is 56.6 cm³/mol. The third kappa shape index (κ3) is 1.71. The lowest BCUT2D eigenvalue weighted by Crippen LogP contribution is -2.54. The number of hydrogen-bond donors (Lipinski definition) is 1. The van der Waals surface area contributed by atoms with Crippen LogP contribution >= 0.6 is 15.9 Å². The highest BCUT2D eigenvalue weighted by atomic mass is 79.9. The summed E-state index contributed by atoms with van der Waals surface area (Å²) in [5.41, 5.74) is 0.575. The van der Waals surface area contributed by atoms with Gasteiger partial charge in [0.1, 0.15) is 6.26 Å². The van der Waals surface area contributed by atoms with E-state index in [1.54, 1.807) is 6.07 Å². The van der Waals surface area contributed by atoms with E-state index < -0.39 is 0 Å². The molecule has 0 spiro atoms. The van der Waals surface area contributed by atoms with E-state index in [4.69, 9.17) is 4.42 Å². The quantitative estimate of drug-likeness (QED) is 0.845. The molecular weight excluding hydrogens is 246 g/mol. The van der Waals surface area contributed by atoms with E-state index in [0.29, 0.717) is 5.56 Å². The Morgan fingerprint density at radius 1 is 1.64 bits per heavy atom. The van der Waals surface area contributed by atoms with Crippen LogP contribution in [0.4, 0.5) is 0 Å². The second-order valence-electron chi connectivity index (χ2n) is 3.73. The lowest BCUT2D eigenvalue weighted by atomic mass is 9.78. The van der Waals surface area contributed by atoms with Crippen molar-refractivity contribution >= 4 is 21.8 Å². The van der Waals surface area contributed by atoms with Gasteiger partial charge in [0.05, 0.1) is 17.4 Å². The van der Waals surface area contributed by atoms with Gasteiger partial charge in [-0.3, -0.25) is 4.79 Å². The van der Waals surface area contributed by atoms with Gasteiger partial charge in [-0.05, 0) is 25.3 Å². The van der Waals surface area contributed by atoms with Crippen molar-refractivity contribution in [2.75, 3.05) is 5.33 Å². The summed E-state index contributed by atoms with van der Waals surface area (Å²) in [6, 6.07) is 1.68. The number of alkyl halides is 1. The number of amides is 1. The lowest BCUT2D eigenvalue weighted by molar-refractivity contribution is 0.0856. The van der Waals surface area contributed by atoms with Gasteiger partial charge in [0.15, 0.2) is 0 Å². The van der Waals surface area contributed by atoms with Gasteiger partial charge in [-0.15, -0.1) is 0 Å². The molecule has 0 aliphatic heterocycles. The van der Waals surface area contributed by atoms with Crippen molar-refractivity contribution in [1.29, 1.82) is 0 Å². The summed E-state index contributed by atoms with van der Waals surface area (Å²) in [4.78, 5) is 11.7. The Hall–Kier alpha value is -0.770. The largest absolute Gasteiger partial charge is 0.472 e. The van der Waals surface area contributed by atoms with E-state index in [9.17, 15) is 4.79 Å². The highest BCUT2D eigenvalue weighted by Crippen LogP contribution is 2.33. The molecule has 0 atom stereocenters. The minimum atomic E-state index is -0.0436. The zero-order chi connectivity index (χ0) is 10.0. The fourth-order valence-electron chi connectivity index (χ4n) is 1.60. The number of hydrogen-bond acceptors (Lipinski definition) is 2. The van der Waals surface area contributed by atoms with Crippen LogP contribution in [0, 0.1) is 0 Å². The Bertz CT molecular complexity index is 311. The molecule has 0 aromatic carbocycles. The molecule has 0 radical (unpaired) electrons. The molecular formula is C10H12BrNO2. The number of rotatable bonds is 3. The molecule has 1 heterocycles. The first-order chi connectivity index (χ1) is 6.76. The van der Waals surface area contributed by atoms with E-state index >= 15 is 0 Å². The average molecular weight is 258 g/mol. The molecule has 3 nitrogen and oxygen atoms in total. The molecule has 1 aromatic heterocycles. The maximum Gasteiger partial charge on any atom is 0.254 e. The standard InChI is InChI=1S/C10H12BrNO2/c11-7-10(3-1-4-10)12-9(13)8-2-5-14-6-8/h2,5-6H,1,3-4,7H2,(H,12,13). The van der Waals surface area contributed by atoms with Crippen molar-refractivity contribution < 1.29 is 9.21 Å². The van der Waals surface area contributed by atoms with Crippen LogP contribution in [0.5, 0.6) is 0 Å². The van der Waals surface area contributed by atoms with Crippen LogP contribution in [0.15, 0.2) is 23.0 Å². The zero-order valence-electron chi connectivity index (χ0n) is 7.75. The molecule has 1 fully saturated rings. The van der Waals surface area contributed by atoms with Crippen molar-refractivity contribution in [3.05, 3.63) is 24.2 Å². The first-order valence-corrected chi connectivity index (χ1v) is 5.79. The van der Waals surface area contributed by atoms with Gasteiger partial charge in [0.2, 0.25) is 0 Å². The van der Waals surface area contributed by atoms with E-state index in [1.165, 1.54) is 18.9 Å². The molecule has 0 bridgehead atoms. The van der Waals surface area contributed by atoms with Crippen LogP contribution in [-0.4, -0.2) is 16.8 Å². The van der Waals surface area contributed by atoms with Crippen LogP contribution in [0.1, 0.15) is 29.6 Å². The molecule has 14 heavy (non-hydrogen) atoms. The molecule has 1 N–H and O–H groups in total. The summed E-state index contributed by atoms with van der Waals surface area (Å²) in [6.45, 7) is 0. The molecule has 76 valence electrons. The highest BCUT2D eigenvalue weighted by Gasteiger charge is 2.37. The number of halogens is 1. The number of nitrogens with one attached hydrogen (secondary N) is 1. The molecule has 1 saturated carbocycles. The van der Waals surface area contributed by atoms with Crippen LogP contribution in [-0.2, 0) is 0 Å². The van der Waals surface area contributed by atoms with Crippen LogP contribution < -0.4 is 5.32 Å². The molecule has 4 heteroatoms. The number of furan rings is 1. The van der Waals surface area contributed by atoms with E-state index in [1.807, 2.05) is 0 Å². The first-order valence-electron chi connectivity index (χ1n) is 4.66. The second-order valence-corrected chi connectivity index (χ2v) is 4.29. The average Bonchev–Trinajstić information content (AvgIpc) is 2.63. The van der Waals surface area contributed by atoms with Gasteiger partial charge < -0.3 is 9.73 Å². The molecule has 0 unspecified atom stereocenters. The minimum Gasteiger partial charge on any atom is -0.472 e. The summed E-state index contributed by atoms with van der Waals surface area (Å²) in [5.74, 6) is -0.0436. The fourth-order valence-corrected chi connectivity index (χ4v) is 2.30. The Morgan fingerprint density at radius 3 is 2.86 bits per heavy atom. The van der Waals surface area contributed by atoms with Crippen molar-refractivity contribution in [2.45, 2.75) is 24.8 Å². The van der Waals surface area contributed by atoms with Crippen molar-refractivity contribution in [1.82, 2.24) is 5.32 Å².